The van der Waals surface area contributed by atoms with E-state index in [2.05, 4.69) is 44.5 Å². The van der Waals surface area contributed by atoms with Crippen LogP contribution in [0.1, 0.15) is 11.1 Å². The number of nitrogens with two attached hydrogens (primary N) is 2. The molecule has 1 atom stereocenters. The SMILES string of the molecule is Nc1ncnc2c1SC(N)(c1ccc(CN3CCOCC3)cc1)N2. The lowest BCUT2D eigenvalue weighted by molar-refractivity contribution is 0.0342. The lowest BCUT2D eigenvalue weighted by atomic mass is 10.1. The summed E-state index contributed by atoms with van der Waals surface area (Å²) in [4.78, 5) is 10.7. The van der Waals surface area contributed by atoms with Crippen molar-refractivity contribution in [1.29, 1.82) is 0 Å². The van der Waals surface area contributed by atoms with Gasteiger partial charge in [0.05, 0.1) is 18.1 Å². The summed E-state index contributed by atoms with van der Waals surface area (Å²) in [6.45, 7) is 4.51. The van der Waals surface area contributed by atoms with E-state index in [-0.39, 0.29) is 0 Å². The zero-order valence-corrected chi connectivity index (χ0v) is 14.1. The largest absolute Gasteiger partial charge is 0.383 e. The quantitative estimate of drug-likeness (QED) is 0.763. The van der Waals surface area contributed by atoms with Crippen molar-refractivity contribution in [3.8, 4) is 0 Å². The molecule has 7 nitrogen and oxygen atoms in total. The minimum absolute atomic E-state index is 0.453. The van der Waals surface area contributed by atoms with E-state index in [0.717, 1.165) is 43.3 Å². The lowest BCUT2D eigenvalue weighted by Crippen LogP contribution is -2.38. The summed E-state index contributed by atoms with van der Waals surface area (Å²) in [7, 11) is 0. The van der Waals surface area contributed by atoms with Crippen LogP contribution in [0.25, 0.3) is 0 Å². The number of benzene rings is 1. The molecule has 1 fully saturated rings. The minimum Gasteiger partial charge on any atom is -0.383 e. The molecule has 0 amide bonds. The van der Waals surface area contributed by atoms with Crippen LogP contribution in [0.3, 0.4) is 0 Å². The van der Waals surface area contributed by atoms with E-state index in [1.807, 2.05) is 0 Å². The number of morpholine rings is 1. The van der Waals surface area contributed by atoms with Gasteiger partial charge in [-0.1, -0.05) is 36.0 Å². The molecule has 1 aromatic heterocycles. The number of nitrogens with zero attached hydrogens (tertiary/aromatic N) is 3. The number of aromatic nitrogens is 2. The normalized spacial score (nSPS) is 23.7. The first-order valence-electron chi connectivity index (χ1n) is 7.90. The molecule has 2 aromatic rings. The van der Waals surface area contributed by atoms with Gasteiger partial charge in [-0.3, -0.25) is 10.6 Å². The van der Waals surface area contributed by atoms with Crippen LogP contribution < -0.4 is 16.8 Å². The number of rotatable bonds is 3. The van der Waals surface area contributed by atoms with Crippen molar-refractivity contribution in [1.82, 2.24) is 14.9 Å². The predicted molar refractivity (Wildman–Crippen MR) is 94.3 cm³/mol. The highest BCUT2D eigenvalue weighted by atomic mass is 32.2. The van der Waals surface area contributed by atoms with E-state index >= 15 is 0 Å². The van der Waals surface area contributed by atoms with Crippen molar-refractivity contribution < 1.29 is 4.74 Å². The Hall–Kier alpha value is -1.87. The second-order valence-electron chi connectivity index (χ2n) is 5.98. The predicted octanol–water partition coefficient (Wildman–Crippen LogP) is 1.18. The Labute approximate surface area is 144 Å². The first-order valence-corrected chi connectivity index (χ1v) is 8.72. The Morgan fingerprint density at radius 3 is 2.67 bits per heavy atom. The minimum atomic E-state index is -0.774. The third kappa shape index (κ3) is 2.93. The third-order valence-electron chi connectivity index (χ3n) is 4.29. The van der Waals surface area contributed by atoms with Gasteiger partial charge in [-0.25, -0.2) is 9.97 Å². The molecule has 1 aromatic carbocycles. The molecule has 0 radical (unpaired) electrons. The van der Waals surface area contributed by atoms with Crippen molar-refractivity contribution in [3.63, 3.8) is 0 Å². The zero-order chi connectivity index (χ0) is 16.6. The molecule has 8 heteroatoms. The van der Waals surface area contributed by atoms with Gasteiger partial charge in [0.25, 0.3) is 0 Å². The van der Waals surface area contributed by atoms with Gasteiger partial charge in [0.15, 0.2) is 4.99 Å². The maximum absolute atomic E-state index is 6.54. The van der Waals surface area contributed by atoms with Crippen LogP contribution in [0.15, 0.2) is 35.5 Å². The Morgan fingerprint density at radius 2 is 1.96 bits per heavy atom. The number of nitrogen functional groups attached to an aromatic ring is 1. The number of ether oxygens (including phenoxy) is 1. The fraction of sp³-hybridized carbons (Fsp3) is 0.375. The van der Waals surface area contributed by atoms with E-state index in [9.17, 15) is 0 Å². The van der Waals surface area contributed by atoms with Crippen LogP contribution in [-0.4, -0.2) is 41.2 Å². The molecule has 3 heterocycles. The molecule has 1 unspecified atom stereocenters. The average molecular weight is 344 g/mol. The third-order valence-corrected chi connectivity index (χ3v) is 5.56. The van der Waals surface area contributed by atoms with Gasteiger partial charge in [-0.05, 0) is 5.56 Å². The summed E-state index contributed by atoms with van der Waals surface area (Å²) in [6, 6.07) is 8.37. The van der Waals surface area contributed by atoms with E-state index in [1.165, 1.54) is 23.7 Å². The number of fused-ring (bicyclic) bond motifs is 1. The van der Waals surface area contributed by atoms with Crippen LogP contribution in [-0.2, 0) is 16.3 Å². The number of thioether (sulfide) groups is 1. The molecule has 0 aliphatic carbocycles. The van der Waals surface area contributed by atoms with Crippen LogP contribution in [0.4, 0.5) is 11.6 Å². The van der Waals surface area contributed by atoms with E-state index in [0.29, 0.717) is 11.6 Å². The van der Waals surface area contributed by atoms with E-state index in [1.54, 1.807) is 0 Å². The molecule has 2 aliphatic rings. The second kappa shape index (κ2) is 6.21. The van der Waals surface area contributed by atoms with Crippen molar-refractivity contribution in [2.75, 3.05) is 37.4 Å². The smallest absolute Gasteiger partial charge is 0.167 e. The molecule has 2 aliphatic heterocycles. The molecule has 126 valence electrons. The standard InChI is InChI=1S/C16H20N6OS/c17-14-13-15(20-10-19-14)21-16(18,24-13)12-3-1-11(2-4-12)9-22-5-7-23-8-6-22/h1-4,10H,5-9,18H2,(H3,17,19,20,21). The maximum atomic E-state index is 6.54. The highest BCUT2D eigenvalue weighted by Crippen LogP contribution is 2.48. The van der Waals surface area contributed by atoms with Crippen molar-refractivity contribution >= 4 is 23.4 Å². The van der Waals surface area contributed by atoms with Crippen LogP contribution in [0, 0.1) is 0 Å². The molecule has 0 saturated carbocycles. The highest BCUT2D eigenvalue weighted by Gasteiger charge is 2.38. The Balaban J connectivity index is 1.50. The molecular weight excluding hydrogens is 324 g/mol. The summed E-state index contributed by atoms with van der Waals surface area (Å²) in [5.74, 6) is 1.14. The van der Waals surface area contributed by atoms with Crippen LogP contribution in [0.5, 0.6) is 0 Å². The van der Waals surface area contributed by atoms with Crippen LogP contribution >= 0.6 is 11.8 Å². The molecule has 24 heavy (non-hydrogen) atoms. The molecule has 1 saturated heterocycles. The molecule has 4 rings (SSSR count). The molecule has 0 spiro atoms. The zero-order valence-electron chi connectivity index (χ0n) is 13.2. The summed E-state index contributed by atoms with van der Waals surface area (Å²) in [5.41, 5.74) is 14.7. The van der Waals surface area contributed by atoms with Gasteiger partial charge in [0.1, 0.15) is 18.0 Å². The summed E-state index contributed by atoms with van der Waals surface area (Å²) >= 11 is 1.45. The van der Waals surface area contributed by atoms with Gasteiger partial charge in [-0.15, -0.1) is 0 Å². The topological polar surface area (TPSA) is 102 Å². The van der Waals surface area contributed by atoms with Crippen molar-refractivity contribution in [3.05, 3.63) is 41.7 Å². The molecular formula is C16H20N6OS. The fourth-order valence-electron chi connectivity index (χ4n) is 2.95. The van der Waals surface area contributed by atoms with Crippen LogP contribution in [0.2, 0.25) is 0 Å². The number of nitrogens with one attached hydrogen (secondary N) is 1. The second-order valence-corrected chi connectivity index (χ2v) is 7.24. The van der Waals surface area contributed by atoms with Gasteiger partial charge >= 0.3 is 0 Å². The number of hydrogen-bond acceptors (Lipinski definition) is 8. The molecule has 5 N–H and O–H groups in total. The van der Waals surface area contributed by atoms with E-state index in [4.69, 9.17) is 16.2 Å². The summed E-state index contributed by atoms with van der Waals surface area (Å²) < 4.78 is 5.39. The highest BCUT2D eigenvalue weighted by molar-refractivity contribution is 8.01. The molecule has 0 bridgehead atoms. The number of anilines is 2. The number of hydrogen-bond donors (Lipinski definition) is 3. The monoisotopic (exact) mass is 344 g/mol. The Bertz CT molecular complexity index is 734. The maximum Gasteiger partial charge on any atom is 0.167 e. The Kier molecular flexibility index (Phi) is 4.05. The first kappa shape index (κ1) is 15.6. The summed E-state index contributed by atoms with van der Waals surface area (Å²) in [5, 5.41) is 3.25. The van der Waals surface area contributed by atoms with Gasteiger partial charge < -0.3 is 15.8 Å². The van der Waals surface area contributed by atoms with Gasteiger partial charge in [0.2, 0.25) is 0 Å². The van der Waals surface area contributed by atoms with Gasteiger partial charge in [0, 0.05) is 25.2 Å². The fourth-order valence-corrected chi connectivity index (χ4v) is 4.03. The lowest BCUT2D eigenvalue weighted by Gasteiger charge is -2.27. The first-order chi connectivity index (χ1) is 11.6. The Morgan fingerprint density at radius 1 is 1.21 bits per heavy atom. The average Bonchev–Trinajstić information content (AvgIpc) is 2.96. The van der Waals surface area contributed by atoms with Crippen molar-refractivity contribution in [2.45, 2.75) is 16.4 Å². The summed E-state index contributed by atoms with van der Waals surface area (Å²) in [6.07, 6.45) is 1.44. The van der Waals surface area contributed by atoms with E-state index < -0.39 is 4.99 Å². The van der Waals surface area contributed by atoms with Gasteiger partial charge in [-0.2, -0.15) is 0 Å². The van der Waals surface area contributed by atoms with Crippen molar-refractivity contribution in [2.24, 2.45) is 5.73 Å².